The summed E-state index contributed by atoms with van der Waals surface area (Å²) in [4.78, 5) is 13.1. The molecule has 4 nitrogen and oxygen atoms in total. The molecule has 2 rings (SSSR count). The van der Waals surface area contributed by atoms with E-state index in [1.807, 2.05) is 43.3 Å². The molecule has 0 bridgehead atoms. The molecule has 0 heterocycles. The van der Waals surface area contributed by atoms with Crippen molar-refractivity contribution in [2.75, 3.05) is 17.8 Å². The first-order valence-corrected chi connectivity index (χ1v) is 8.22. The van der Waals surface area contributed by atoms with Crippen LogP contribution in [0.4, 0.5) is 5.69 Å². The normalized spacial score (nSPS) is 10.3. The van der Waals surface area contributed by atoms with Crippen LogP contribution in [-0.4, -0.2) is 23.4 Å². The number of hydrogen-bond acceptors (Lipinski definition) is 4. The number of benzene rings is 2. The van der Waals surface area contributed by atoms with Crippen LogP contribution < -0.4 is 10.8 Å². The fraction of sp³-hybridized carbons (Fsp3) is 0.235. The van der Waals surface area contributed by atoms with Gasteiger partial charge in [-0.1, -0.05) is 37.3 Å². The standard InChI is InChI=1S/C17H20N2O2S/c1-2-22-16-9-8-14(12-15(16)19-21)17(20)18-11-10-13-6-4-3-5-7-13/h3-9,12,19,21H,2,10-11H2,1H3,(H,18,20). The molecule has 0 fully saturated rings. The van der Waals surface area contributed by atoms with Gasteiger partial charge in [0.25, 0.3) is 5.91 Å². The predicted octanol–water partition coefficient (Wildman–Crippen LogP) is 3.57. The molecule has 0 aliphatic rings. The van der Waals surface area contributed by atoms with Gasteiger partial charge in [0.1, 0.15) is 0 Å². The molecule has 0 aliphatic heterocycles. The van der Waals surface area contributed by atoms with Crippen molar-refractivity contribution in [3.05, 3.63) is 59.7 Å². The van der Waals surface area contributed by atoms with Crippen LogP contribution in [0.5, 0.6) is 0 Å². The van der Waals surface area contributed by atoms with E-state index in [0.29, 0.717) is 17.8 Å². The Hall–Kier alpha value is -1.98. The zero-order valence-corrected chi connectivity index (χ0v) is 13.3. The average Bonchev–Trinajstić information content (AvgIpc) is 2.56. The van der Waals surface area contributed by atoms with Crippen LogP contribution in [0, 0.1) is 0 Å². The lowest BCUT2D eigenvalue weighted by Crippen LogP contribution is -2.25. The van der Waals surface area contributed by atoms with Gasteiger partial charge in [-0.3, -0.25) is 15.5 Å². The van der Waals surface area contributed by atoms with Crippen molar-refractivity contribution in [2.45, 2.75) is 18.2 Å². The molecule has 0 atom stereocenters. The van der Waals surface area contributed by atoms with Crippen LogP contribution in [-0.2, 0) is 6.42 Å². The topological polar surface area (TPSA) is 61.4 Å². The van der Waals surface area contributed by atoms with E-state index in [1.165, 1.54) is 5.56 Å². The Balaban J connectivity index is 1.94. The van der Waals surface area contributed by atoms with Gasteiger partial charge in [0.05, 0.1) is 5.69 Å². The first kappa shape index (κ1) is 16.4. The maximum Gasteiger partial charge on any atom is 0.251 e. The second-order valence-electron chi connectivity index (χ2n) is 4.75. The summed E-state index contributed by atoms with van der Waals surface area (Å²) < 4.78 is 0. The molecule has 0 aliphatic carbocycles. The van der Waals surface area contributed by atoms with E-state index in [9.17, 15) is 10.0 Å². The zero-order chi connectivity index (χ0) is 15.8. The van der Waals surface area contributed by atoms with E-state index in [2.05, 4.69) is 10.8 Å². The lowest BCUT2D eigenvalue weighted by Gasteiger charge is -2.10. The van der Waals surface area contributed by atoms with Crippen LogP contribution in [0.2, 0.25) is 0 Å². The molecule has 0 aromatic heterocycles. The summed E-state index contributed by atoms with van der Waals surface area (Å²) in [6, 6.07) is 15.3. The van der Waals surface area contributed by atoms with Crippen LogP contribution in [0.25, 0.3) is 0 Å². The van der Waals surface area contributed by atoms with Crippen molar-refractivity contribution in [3.63, 3.8) is 0 Å². The molecular weight excluding hydrogens is 296 g/mol. The van der Waals surface area contributed by atoms with E-state index < -0.39 is 0 Å². The van der Waals surface area contributed by atoms with Gasteiger partial charge in [0, 0.05) is 17.0 Å². The highest BCUT2D eigenvalue weighted by molar-refractivity contribution is 7.99. The van der Waals surface area contributed by atoms with Crippen LogP contribution >= 0.6 is 11.8 Å². The van der Waals surface area contributed by atoms with Crippen LogP contribution in [0.1, 0.15) is 22.8 Å². The molecule has 5 heteroatoms. The summed E-state index contributed by atoms with van der Waals surface area (Å²) in [5.74, 6) is 0.762. The van der Waals surface area contributed by atoms with Gasteiger partial charge in [0.2, 0.25) is 0 Å². The SMILES string of the molecule is CCSc1ccc(C(=O)NCCc2ccccc2)cc1NO. The largest absolute Gasteiger partial charge is 0.352 e. The lowest BCUT2D eigenvalue weighted by molar-refractivity contribution is 0.0954. The highest BCUT2D eigenvalue weighted by Gasteiger charge is 2.09. The first-order valence-electron chi connectivity index (χ1n) is 7.23. The van der Waals surface area contributed by atoms with E-state index in [-0.39, 0.29) is 5.91 Å². The summed E-state index contributed by atoms with van der Waals surface area (Å²) in [6.45, 7) is 2.62. The number of hydrogen-bond donors (Lipinski definition) is 3. The molecule has 0 saturated carbocycles. The Labute approximate surface area is 134 Å². The fourth-order valence-electron chi connectivity index (χ4n) is 2.11. The smallest absolute Gasteiger partial charge is 0.251 e. The Morgan fingerprint density at radius 3 is 2.64 bits per heavy atom. The molecule has 1 amide bonds. The molecule has 0 unspecified atom stereocenters. The van der Waals surface area contributed by atoms with E-state index in [0.717, 1.165) is 17.1 Å². The Morgan fingerprint density at radius 2 is 1.95 bits per heavy atom. The number of thioether (sulfide) groups is 1. The predicted molar refractivity (Wildman–Crippen MR) is 90.7 cm³/mol. The fourth-order valence-corrected chi connectivity index (χ4v) is 2.84. The van der Waals surface area contributed by atoms with E-state index >= 15 is 0 Å². The number of carbonyl (C=O) groups excluding carboxylic acids is 1. The quantitative estimate of drug-likeness (QED) is 0.540. The molecule has 0 saturated heterocycles. The van der Waals surface area contributed by atoms with Crippen LogP contribution in [0.3, 0.4) is 0 Å². The van der Waals surface area contributed by atoms with Gasteiger partial charge in [-0.2, -0.15) is 0 Å². The van der Waals surface area contributed by atoms with Crippen molar-refractivity contribution >= 4 is 23.4 Å². The number of carbonyl (C=O) groups is 1. The van der Waals surface area contributed by atoms with Crippen molar-refractivity contribution in [2.24, 2.45) is 0 Å². The maximum absolute atomic E-state index is 12.1. The molecule has 0 spiro atoms. The Morgan fingerprint density at radius 1 is 1.18 bits per heavy atom. The van der Waals surface area contributed by atoms with Crippen molar-refractivity contribution in [3.8, 4) is 0 Å². The molecule has 2 aromatic carbocycles. The minimum Gasteiger partial charge on any atom is -0.352 e. The molecule has 0 radical (unpaired) electrons. The molecule has 22 heavy (non-hydrogen) atoms. The molecular formula is C17H20N2O2S. The summed E-state index contributed by atoms with van der Waals surface area (Å²) in [5.41, 5.74) is 4.44. The minimum absolute atomic E-state index is 0.138. The zero-order valence-electron chi connectivity index (χ0n) is 12.5. The van der Waals surface area contributed by atoms with Gasteiger partial charge in [-0.05, 0) is 35.9 Å². The van der Waals surface area contributed by atoms with Gasteiger partial charge in [-0.15, -0.1) is 11.8 Å². The number of nitrogens with one attached hydrogen (secondary N) is 2. The Bertz CT molecular complexity index is 617. The summed E-state index contributed by atoms with van der Waals surface area (Å²) in [7, 11) is 0. The first-order chi connectivity index (χ1) is 10.7. The second-order valence-corrected chi connectivity index (χ2v) is 6.05. The highest BCUT2D eigenvalue weighted by atomic mass is 32.2. The van der Waals surface area contributed by atoms with Crippen LogP contribution in [0.15, 0.2) is 53.4 Å². The third-order valence-corrected chi connectivity index (χ3v) is 4.16. The van der Waals surface area contributed by atoms with Crippen molar-refractivity contribution < 1.29 is 10.0 Å². The van der Waals surface area contributed by atoms with Gasteiger partial charge in [-0.25, -0.2) is 0 Å². The van der Waals surface area contributed by atoms with Gasteiger partial charge in [0.15, 0.2) is 0 Å². The van der Waals surface area contributed by atoms with Gasteiger partial charge < -0.3 is 5.32 Å². The van der Waals surface area contributed by atoms with Crippen molar-refractivity contribution in [1.29, 1.82) is 0 Å². The molecule has 116 valence electrons. The molecule has 2 aromatic rings. The minimum atomic E-state index is -0.138. The average molecular weight is 316 g/mol. The number of rotatable bonds is 7. The summed E-state index contributed by atoms with van der Waals surface area (Å²) in [6.07, 6.45) is 0.793. The third-order valence-electron chi connectivity index (χ3n) is 3.20. The van der Waals surface area contributed by atoms with E-state index in [1.54, 1.807) is 23.9 Å². The Kier molecular flexibility index (Phi) is 6.30. The monoisotopic (exact) mass is 316 g/mol. The number of amides is 1. The lowest BCUT2D eigenvalue weighted by atomic mass is 10.1. The van der Waals surface area contributed by atoms with Crippen molar-refractivity contribution in [1.82, 2.24) is 5.32 Å². The second kappa shape index (κ2) is 8.46. The maximum atomic E-state index is 12.1. The van der Waals surface area contributed by atoms with Gasteiger partial charge >= 0.3 is 0 Å². The number of anilines is 1. The molecule has 3 N–H and O–H groups in total. The highest BCUT2D eigenvalue weighted by Crippen LogP contribution is 2.27. The summed E-state index contributed by atoms with van der Waals surface area (Å²) in [5, 5.41) is 12.1. The summed E-state index contributed by atoms with van der Waals surface area (Å²) >= 11 is 1.61. The third kappa shape index (κ3) is 4.51. The van der Waals surface area contributed by atoms with E-state index in [4.69, 9.17) is 0 Å².